The normalized spacial score (nSPS) is 21.0. The second-order valence-corrected chi connectivity index (χ2v) is 5.20. The molecule has 1 fully saturated rings. The molecule has 2 N–H and O–H groups in total. The van der Waals surface area contributed by atoms with Crippen molar-refractivity contribution in [3.05, 3.63) is 23.5 Å². The minimum atomic E-state index is -0.353. The maximum Gasteiger partial charge on any atom is 0.231 e. The van der Waals surface area contributed by atoms with Gasteiger partial charge in [-0.05, 0) is 18.9 Å². The number of ether oxygens (including phenoxy) is 2. The van der Waals surface area contributed by atoms with Crippen LogP contribution in [0.4, 0.5) is 4.39 Å². The molecule has 3 rings (SSSR count). The average molecular weight is 251 g/mol. The van der Waals surface area contributed by atoms with E-state index in [2.05, 4.69) is 0 Å². The summed E-state index contributed by atoms with van der Waals surface area (Å²) in [4.78, 5) is 0. The molecule has 0 atom stereocenters. The summed E-state index contributed by atoms with van der Waals surface area (Å²) in [5.41, 5.74) is 6.97. The highest BCUT2D eigenvalue weighted by atomic mass is 19.1. The van der Waals surface area contributed by atoms with Gasteiger partial charge in [-0.2, -0.15) is 0 Å². The minimum absolute atomic E-state index is 0.0657. The average Bonchev–Trinajstić information content (AvgIpc) is 2.90. The molecule has 1 aliphatic carbocycles. The fourth-order valence-electron chi connectivity index (χ4n) is 3.19. The van der Waals surface area contributed by atoms with Crippen LogP contribution in [0.15, 0.2) is 12.1 Å². The Bertz CT molecular complexity index is 455. The van der Waals surface area contributed by atoms with Gasteiger partial charge in [-0.15, -0.1) is 0 Å². The molecule has 1 aliphatic heterocycles. The van der Waals surface area contributed by atoms with E-state index < -0.39 is 0 Å². The van der Waals surface area contributed by atoms with Crippen LogP contribution < -0.4 is 15.2 Å². The van der Waals surface area contributed by atoms with Crippen molar-refractivity contribution in [2.45, 2.75) is 37.5 Å². The molecule has 0 saturated heterocycles. The van der Waals surface area contributed by atoms with Gasteiger partial charge >= 0.3 is 0 Å². The molecule has 0 bridgehead atoms. The third kappa shape index (κ3) is 1.67. The Kier molecular flexibility index (Phi) is 2.90. The van der Waals surface area contributed by atoms with E-state index in [1.54, 1.807) is 0 Å². The van der Waals surface area contributed by atoms with Crippen LogP contribution in [0.3, 0.4) is 0 Å². The van der Waals surface area contributed by atoms with Gasteiger partial charge in [0, 0.05) is 17.5 Å². The summed E-state index contributed by atoms with van der Waals surface area (Å²) in [7, 11) is 0. The Morgan fingerprint density at radius 3 is 2.56 bits per heavy atom. The van der Waals surface area contributed by atoms with Crippen LogP contribution >= 0.6 is 0 Å². The predicted molar refractivity (Wildman–Crippen MR) is 66.3 cm³/mol. The van der Waals surface area contributed by atoms with Crippen LogP contribution in [0.25, 0.3) is 0 Å². The first-order valence-electron chi connectivity index (χ1n) is 6.55. The summed E-state index contributed by atoms with van der Waals surface area (Å²) in [6.45, 7) is 0.679. The molecule has 0 spiro atoms. The summed E-state index contributed by atoms with van der Waals surface area (Å²) in [6, 6.07) is 3.29. The van der Waals surface area contributed by atoms with Crippen molar-refractivity contribution in [1.29, 1.82) is 0 Å². The quantitative estimate of drug-likeness (QED) is 0.879. The topological polar surface area (TPSA) is 44.5 Å². The number of hydrogen-bond donors (Lipinski definition) is 1. The summed E-state index contributed by atoms with van der Waals surface area (Å²) in [6.07, 6.45) is 5.69. The lowest BCUT2D eigenvalue weighted by atomic mass is 9.69. The van der Waals surface area contributed by atoms with E-state index in [1.165, 1.54) is 25.3 Å². The molecule has 0 aromatic heterocycles. The predicted octanol–water partition coefficient (Wildman–Crippen LogP) is 2.72. The van der Waals surface area contributed by atoms with Crippen LogP contribution in [0.1, 0.15) is 37.7 Å². The molecule has 1 aromatic rings. The molecule has 1 aromatic carbocycles. The third-order valence-corrected chi connectivity index (χ3v) is 4.24. The van der Waals surface area contributed by atoms with E-state index in [0.717, 1.165) is 18.4 Å². The molecule has 0 unspecified atom stereocenters. The standard InChI is InChI=1S/C14H18FNO2/c15-11-5-4-10(12-13(11)18-9-17-12)14(8-16)6-2-1-3-7-14/h4-5H,1-3,6-9,16H2. The lowest BCUT2D eigenvalue weighted by Gasteiger charge is -2.37. The van der Waals surface area contributed by atoms with E-state index in [9.17, 15) is 4.39 Å². The first kappa shape index (κ1) is 11.8. The Morgan fingerprint density at radius 1 is 1.11 bits per heavy atom. The van der Waals surface area contributed by atoms with Gasteiger partial charge in [0.25, 0.3) is 0 Å². The fraction of sp³-hybridized carbons (Fsp3) is 0.571. The summed E-state index contributed by atoms with van der Waals surface area (Å²) >= 11 is 0. The summed E-state index contributed by atoms with van der Waals surface area (Å²) in [5, 5.41) is 0. The SMILES string of the molecule is NCC1(c2ccc(F)c3c2OCO3)CCCCC1. The molecule has 4 heteroatoms. The van der Waals surface area contributed by atoms with Gasteiger partial charge in [-0.1, -0.05) is 25.3 Å². The maximum atomic E-state index is 13.6. The smallest absolute Gasteiger partial charge is 0.231 e. The summed E-state index contributed by atoms with van der Waals surface area (Å²) in [5.74, 6) is 0.475. The van der Waals surface area contributed by atoms with Crippen LogP contribution in [0.5, 0.6) is 11.5 Å². The Labute approximate surface area is 106 Å². The zero-order valence-electron chi connectivity index (χ0n) is 10.4. The zero-order valence-corrected chi connectivity index (χ0v) is 10.4. The van der Waals surface area contributed by atoms with Gasteiger partial charge in [0.1, 0.15) is 0 Å². The highest BCUT2D eigenvalue weighted by Crippen LogP contribution is 2.48. The monoisotopic (exact) mass is 251 g/mol. The third-order valence-electron chi connectivity index (χ3n) is 4.24. The maximum absolute atomic E-state index is 13.6. The Balaban J connectivity index is 2.08. The van der Waals surface area contributed by atoms with Gasteiger partial charge in [0.2, 0.25) is 12.5 Å². The van der Waals surface area contributed by atoms with Crippen molar-refractivity contribution in [2.24, 2.45) is 5.73 Å². The largest absolute Gasteiger partial charge is 0.453 e. The number of benzene rings is 1. The van der Waals surface area contributed by atoms with Gasteiger partial charge in [-0.25, -0.2) is 4.39 Å². The molecule has 98 valence electrons. The number of fused-ring (bicyclic) bond motifs is 1. The highest BCUT2D eigenvalue weighted by molar-refractivity contribution is 5.52. The lowest BCUT2D eigenvalue weighted by Crippen LogP contribution is -2.37. The molecule has 2 aliphatic rings. The van der Waals surface area contributed by atoms with E-state index in [1.807, 2.05) is 6.07 Å². The Morgan fingerprint density at radius 2 is 1.83 bits per heavy atom. The van der Waals surface area contributed by atoms with Crippen LogP contribution in [-0.4, -0.2) is 13.3 Å². The van der Waals surface area contributed by atoms with Crippen LogP contribution in [0.2, 0.25) is 0 Å². The van der Waals surface area contributed by atoms with Gasteiger partial charge in [0.15, 0.2) is 11.6 Å². The van der Waals surface area contributed by atoms with Crippen molar-refractivity contribution >= 4 is 0 Å². The van der Waals surface area contributed by atoms with E-state index >= 15 is 0 Å². The van der Waals surface area contributed by atoms with Crippen molar-refractivity contribution < 1.29 is 13.9 Å². The zero-order chi connectivity index (χ0) is 12.6. The fourth-order valence-corrected chi connectivity index (χ4v) is 3.19. The minimum Gasteiger partial charge on any atom is -0.453 e. The molecular formula is C14H18FNO2. The molecule has 1 heterocycles. The van der Waals surface area contributed by atoms with Crippen molar-refractivity contribution in [2.75, 3.05) is 13.3 Å². The first-order chi connectivity index (χ1) is 8.77. The number of rotatable bonds is 2. The summed E-state index contributed by atoms with van der Waals surface area (Å²) < 4.78 is 24.3. The number of hydrogen-bond acceptors (Lipinski definition) is 3. The number of nitrogens with two attached hydrogens (primary N) is 1. The second kappa shape index (κ2) is 4.43. The van der Waals surface area contributed by atoms with E-state index in [0.29, 0.717) is 12.3 Å². The first-order valence-corrected chi connectivity index (χ1v) is 6.55. The molecule has 0 amide bonds. The van der Waals surface area contributed by atoms with Gasteiger partial charge in [-0.3, -0.25) is 0 Å². The molecule has 3 nitrogen and oxygen atoms in total. The lowest BCUT2D eigenvalue weighted by molar-refractivity contribution is 0.168. The molecular weight excluding hydrogens is 233 g/mol. The highest BCUT2D eigenvalue weighted by Gasteiger charge is 2.38. The van der Waals surface area contributed by atoms with E-state index in [-0.39, 0.29) is 23.8 Å². The van der Waals surface area contributed by atoms with Gasteiger partial charge < -0.3 is 15.2 Å². The van der Waals surface area contributed by atoms with Crippen LogP contribution in [-0.2, 0) is 5.41 Å². The molecule has 0 radical (unpaired) electrons. The number of halogens is 1. The second-order valence-electron chi connectivity index (χ2n) is 5.20. The van der Waals surface area contributed by atoms with E-state index in [4.69, 9.17) is 15.2 Å². The Hall–Kier alpha value is -1.29. The van der Waals surface area contributed by atoms with Crippen LogP contribution in [0, 0.1) is 5.82 Å². The van der Waals surface area contributed by atoms with Crippen molar-refractivity contribution in [3.63, 3.8) is 0 Å². The van der Waals surface area contributed by atoms with Crippen molar-refractivity contribution in [3.8, 4) is 11.5 Å². The van der Waals surface area contributed by atoms with Gasteiger partial charge in [0.05, 0.1) is 0 Å². The molecule has 18 heavy (non-hydrogen) atoms. The van der Waals surface area contributed by atoms with Crippen molar-refractivity contribution in [1.82, 2.24) is 0 Å². The molecule has 1 saturated carbocycles.